The van der Waals surface area contributed by atoms with Gasteiger partial charge in [-0.15, -0.1) is 34.0 Å². The molecule has 9 aromatic heterocycles. The Balaban J connectivity index is 0.000000337. The first-order valence-corrected chi connectivity index (χ1v) is 32.8. The molecule has 0 atom stereocenters. The maximum atomic E-state index is 5.09. The van der Waals surface area contributed by atoms with Crippen LogP contribution in [0.25, 0.3) is 31.5 Å². The van der Waals surface area contributed by atoms with Gasteiger partial charge in [-0.2, -0.15) is 4.98 Å². The fourth-order valence-corrected chi connectivity index (χ4v) is 9.08. The number of thiophene rings is 1. The van der Waals surface area contributed by atoms with Crippen LogP contribution in [0.5, 0.6) is 0 Å². The van der Waals surface area contributed by atoms with E-state index in [0.29, 0.717) is 22.1 Å². The second-order valence-electron chi connectivity index (χ2n) is 29.6. The summed E-state index contributed by atoms with van der Waals surface area (Å²) >= 11 is 6.91. The Morgan fingerprint density at radius 1 is 0.414 bits per heavy atom. The predicted octanol–water partition coefficient (Wildman–Crippen LogP) is 22.4. The third-order valence-corrected chi connectivity index (χ3v) is 14.8. The van der Waals surface area contributed by atoms with Crippen molar-refractivity contribution >= 4 is 76.8 Å². The number of benzene rings is 2. The molecule has 0 aliphatic carbocycles. The quantitative estimate of drug-likeness (QED) is 0.142. The normalized spacial score (nSPS) is 11.6. The molecule has 16 heteroatoms. The van der Waals surface area contributed by atoms with Gasteiger partial charge in [0.25, 0.3) is 0 Å². The molecule has 0 fully saturated rings. The summed E-state index contributed by atoms with van der Waals surface area (Å²) in [7, 11) is 0. The summed E-state index contributed by atoms with van der Waals surface area (Å²) in [5, 5.41) is 11.1. The van der Waals surface area contributed by atoms with Crippen LogP contribution in [0.1, 0.15) is 212 Å². The highest BCUT2D eigenvalue weighted by molar-refractivity contribution is 7.18. The number of hydrogen-bond acceptors (Lipinski definition) is 16. The molecule has 0 unspecified atom stereocenters. The van der Waals surface area contributed by atoms with Gasteiger partial charge in [0.15, 0.2) is 18.6 Å². The lowest BCUT2D eigenvalue weighted by Crippen LogP contribution is -2.13. The molecule has 11 aromatic rings. The molecule has 0 spiro atoms. The molecule has 474 valence electrons. The van der Waals surface area contributed by atoms with Crippen LogP contribution in [0.15, 0.2) is 165 Å². The molecular weight excluding hydrogens is 1160 g/mol. The fourth-order valence-electron chi connectivity index (χ4n) is 5.92. The van der Waals surface area contributed by atoms with E-state index in [9.17, 15) is 0 Å². The van der Waals surface area contributed by atoms with Crippen molar-refractivity contribution in [1.29, 1.82) is 0 Å². The molecule has 0 aliphatic heterocycles. The first-order chi connectivity index (χ1) is 40.0. The van der Waals surface area contributed by atoms with Crippen LogP contribution < -0.4 is 0 Å². The van der Waals surface area contributed by atoms with Crippen LogP contribution in [0.4, 0.5) is 0 Å². The maximum absolute atomic E-state index is 5.09. The molecule has 0 aliphatic rings. The van der Waals surface area contributed by atoms with E-state index in [1.807, 2.05) is 74.0 Å². The lowest BCUT2D eigenvalue weighted by Gasteiger charge is -2.17. The van der Waals surface area contributed by atoms with Crippen molar-refractivity contribution in [3.63, 3.8) is 0 Å². The van der Waals surface area contributed by atoms with Crippen molar-refractivity contribution in [2.24, 2.45) is 10.8 Å². The van der Waals surface area contributed by atoms with Gasteiger partial charge in [0.2, 0.25) is 5.89 Å². The van der Waals surface area contributed by atoms with Crippen molar-refractivity contribution in [1.82, 2.24) is 45.0 Å². The van der Waals surface area contributed by atoms with Crippen LogP contribution in [0, 0.1) is 10.8 Å². The van der Waals surface area contributed by atoms with Gasteiger partial charge in [-0.3, -0.25) is 9.97 Å². The molecule has 0 amide bonds. The summed E-state index contributed by atoms with van der Waals surface area (Å²) in [6, 6.07) is 29.0. The SMILES string of the molecule is CC(C)(C)C.CC(C)(C)C.CC(C)(C)c1ccc2ccccc2n1.CC(C)(C)c1cccs1.CC(C)(C)c1nc2ccccc2s1.CC(C)(C)c1nc2cccnc2s1.CC(C)(C)c1ncco1.CC(C)(C)c1ncno1.c1cocn1.c1cscn1. The third kappa shape index (κ3) is 34.1. The number of fused-ring (bicyclic) bond motifs is 3. The maximum Gasteiger partial charge on any atom is 0.231 e. The van der Waals surface area contributed by atoms with E-state index >= 15 is 0 Å². The minimum absolute atomic E-state index is 0.0174. The van der Waals surface area contributed by atoms with Gasteiger partial charge in [-0.1, -0.05) is 239 Å². The van der Waals surface area contributed by atoms with E-state index in [2.05, 4.69) is 269 Å². The van der Waals surface area contributed by atoms with Crippen LogP contribution in [0.2, 0.25) is 0 Å². The predicted molar refractivity (Wildman–Crippen MR) is 375 cm³/mol. The van der Waals surface area contributed by atoms with E-state index in [4.69, 9.17) is 8.94 Å². The number of para-hydroxylation sites is 2. The third-order valence-electron chi connectivity index (χ3n) is 10.1. The molecule has 2 aromatic carbocycles. The minimum atomic E-state index is -0.0174. The number of thiazole rings is 3. The summed E-state index contributed by atoms with van der Waals surface area (Å²) in [4.78, 5) is 35.8. The van der Waals surface area contributed by atoms with Crippen molar-refractivity contribution in [3.8, 4) is 0 Å². The molecule has 11 rings (SSSR count). The molecule has 12 nitrogen and oxygen atoms in total. The second-order valence-corrected chi connectivity index (χ2v) is 33.3. The van der Waals surface area contributed by atoms with Gasteiger partial charge < -0.3 is 13.4 Å². The highest BCUT2D eigenvalue weighted by Crippen LogP contribution is 2.32. The summed E-state index contributed by atoms with van der Waals surface area (Å²) in [6.07, 6.45) is 12.7. The van der Waals surface area contributed by atoms with Crippen molar-refractivity contribution in [2.45, 2.75) is 213 Å². The first kappa shape index (κ1) is 76.8. The molecule has 9 heterocycles. The second kappa shape index (κ2) is 35.0. The van der Waals surface area contributed by atoms with Gasteiger partial charge in [0.05, 0.1) is 38.6 Å². The monoisotopic (exact) mass is 1260 g/mol. The van der Waals surface area contributed by atoms with E-state index in [1.54, 1.807) is 64.4 Å². The molecule has 87 heavy (non-hydrogen) atoms. The minimum Gasteiger partial charge on any atom is -0.452 e. The van der Waals surface area contributed by atoms with Crippen molar-refractivity contribution in [2.75, 3.05) is 0 Å². The molecule has 0 saturated carbocycles. The Morgan fingerprint density at radius 2 is 0.989 bits per heavy atom. The number of hydrogen-bond donors (Lipinski definition) is 0. The number of rotatable bonds is 0. The highest BCUT2D eigenvalue weighted by Gasteiger charge is 2.21. The van der Waals surface area contributed by atoms with Crippen molar-refractivity contribution in [3.05, 3.63) is 184 Å². The lowest BCUT2D eigenvalue weighted by atomic mass is 9.91. The number of oxazole rings is 2. The van der Waals surface area contributed by atoms with Gasteiger partial charge >= 0.3 is 0 Å². The zero-order chi connectivity index (χ0) is 65.9. The van der Waals surface area contributed by atoms with E-state index < -0.39 is 0 Å². The number of pyridine rings is 2. The van der Waals surface area contributed by atoms with E-state index in [-0.39, 0.29) is 27.1 Å². The fraction of sp³-hybridized carbons (Fsp3) is 0.479. The standard InChI is InChI=1S/C13H15N.C11H13NS.C10H12N2S.C8H12S.C7H11NO.C6H10N2O.2C5H12.C3H3NO.C3H3NS/c1-13(2,3)12-9-8-10-6-4-5-7-11(10)14-12;1-11(2,3)10-12-8-6-4-5-7-9(8)13-10;1-10(2,3)9-12-7-5-4-6-11-8(7)13-9;1-8(2,3)7-5-4-6-9-7;1-7(2,3)6-8-4-5-9-6;1-6(2,3)5-7-4-8-9-5;2*1-5(2,3)4;2*1-2-5-3-4-1/h4-9H,1-3H3;4-7H,1-3H3;4-6H,1-3H3;4-6H,1-3H3;4-5H,1-3H3;4H,1-3H3;2*1-4H3;2*1-3H. The average molecular weight is 1260 g/mol. The molecule has 0 radical (unpaired) electrons. The van der Waals surface area contributed by atoms with Crippen LogP contribution in [-0.4, -0.2) is 45.0 Å². The van der Waals surface area contributed by atoms with Gasteiger partial charge in [0.1, 0.15) is 27.9 Å². The molecular formula is C71H103N9O3S4. The first-order valence-electron chi connectivity index (χ1n) is 29.3. The van der Waals surface area contributed by atoms with E-state index in [0.717, 1.165) is 38.0 Å². The van der Waals surface area contributed by atoms with Gasteiger partial charge in [-0.05, 0) is 64.1 Å². The van der Waals surface area contributed by atoms with E-state index in [1.165, 1.54) is 39.0 Å². The average Bonchev–Trinajstić information content (AvgIpc) is 3.21. The lowest BCUT2D eigenvalue weighted by molar-refractivity contribution is 0.320. The Bertz CT molecular complexity index is 3120. The van der Waals surface area contributed by atoms with Crippen LogP contribution in [-0.2, 0) is 32.5 Å². The zero-order valence-electron chi connectivity index (χ0n) is 57.3. The highest BCUT2D eigenvalue weighted by atomic mass is 32.1. The van der Waals surface area contributed by atoms with Crippen LogP contribution >= 0.6 is 45.3 Å². The molecule has 0 N–H and O–H groups in total. The Kier molecular flexibility index (Phi) is 30.9. The summed E-state index contributed by atoms with van der Waals surface area (Å²) in [5.74, 6) is 1.48. The summed E-state index contributed by atoms with van der Waals surface area (Å²) < 4.78 is 15.7. The summed E-state index contributed by atoms with van der Waals surface area (Å²) in [5.41, 5.74) is 7.96. The largest absolute Gasteiger partial charge is 0.452 e. The Morgan fingerprint density at radius 3 is 1.37 bits per heavy atom. The Labute approximate surface area is 538 Å². The zero-order valence-corrected chi connectivity index (χ0v) is 60.6. The van der Waals surface area contributed by atoms with Gasteiger partial charge in [-0.25, -0.2) is 24.9 Å². The topological polar surface area (TPSA) is 155 Å². The molecule has 0 bridgehead atoms. The Hall–Kier alpha value is -6.33. The number of aromatic nitrogens is 9. The summed E-state index contributed by atoms with van der Waals surface area (Å²) in [6.45, 7) is 56.2. The molecule has 0 saturated heterocycles. The van der Waals surface area contributed by atoms with Crippen LogP contribution in [0.3, 0.4) is 0 Å². The number of nitrogens with zero attached hydrogens (tertiary/aromatic N) is 9. The smallest absolute Gasteiger partial charge is 0.231 e. The van der Waals surface area contributed by atoms with Gasteiger partial charge in [0, 0.05) is 60.8 Å². The van der Waals surface area contributed by atoms with Crippen molar-refractivity contribution < 1.29 is 13.4 Å².